The molecule has 6 nitrogen and oxygen atoms in total. The van der Waals surface area contributed by atoms with Crippen molar-refractivity contribution in [1.29, 1.82) is 5.26 Å². The summed E-state index contributed by atoms with van der Waals surface area (Å²) in [7, 11) is 1.37. The van der Waals surface area contributed by atoms with Gasteiger partial charge in [0, 0.05) is 17.0 Å². The molecular weight excluding hydrogens is 350 g/mol. The van der Waals surface area contributed by atoms with Crippen LogP contribution in [0.25, 0.3) is 22.9 Å². The topological polar surface area (TPSA) is 89.0 Å². The number of nitriles is 1. The van der Waals surface area contributed by atoms with Crippen LogP contribution in [-0.4, -0.2) is 17.0 Å². The van der Waals surface area contributed by atoms with Crippen molar-refractivity contribution < 1.29 is 9.66 Å². The average Bonchev–Trinajstić information content (AvgIpc) is 3.16. The molecule has 3 rings (SSSR count). The Morgan fingerprint density at radius 2 is 2.08 bits per heavy atom. The van der Waals surface area contributed by atoms with Gasteiger partial charge in [-0.3, -0.25) is 10.1 Å². The lowest BCUT2D eigenvalue weighted by atomic mass is 10.1. The lowest BCUT2D eigenvalue weighted by molar-refractivity contribution is -0.385. The number of benzene rings is 2. The number of nitro groups is 1. The molecular formula is C19H13N3O3S. The van der Waals surface area contributed by atoms with E-state index >= 15 is 0 Å². The first-order valence-corrected chi connectivity index (χ1v) is 8.46. The number of rotatable bonds is 5. The highest BCUT2D eigenvalue weighted by Gasteiger charge is 2.15. The predicted octanol–water partition coefficient (Wildman–Crippen LogP) is 4.79. The summed E-state index contributed by atoms with van der Waals surface area (Å²) < 4.78 is 4.99. The van der Waals surface area contributed by atoms with Gasteiger partial charge in [0.05, 0.1) is 23.3 Å². The number of hydrogen-bond donors (Lipinski definition) is 0. The number of nitrogens with zero attached hydrogens (tertiary/aromatic N) is 3. The predicted molar refractivity (Wildman–Crippen MR) is 101 cm³/mol. The molecule has 3 aromatic rings. The van der Waals surface area contributed by atoms with E-state index in [1.807, 2.05) is 35.7 Å². The molecule has 26 heavy (non-hydrogen) atoms. The minimum atomic E-state index is -0.515. The van der Waals surface area contributed by atoms with Crippen molar-refractivity contribution in [3.8, 4) is 23.1 Å². The van der Waals surface area contributed by atoms with Gasteiger partial charge < -0.3 is 4.74 Å². The molecule has 0 aliphatic carbocycles. The van der Waals surface area contributed by atoms with Gasteiger partial charge in [0.25, 0.3) is 0 Å². The number of aromatic nitrogens is 1. The second-order valence-corrected chi connectivity index (χ2v) is 6.12. The Balaban J connectivity index is 1.97. The van der Waals surface area contributed by atoms with Crippen molar-refractivity contribution in [3.63, 3.8) is 0 Å². The second kappa shape index (κ2) is 7.59. The van der Waals surface area contributed by atoms with Gasteiger partial charge in [0.15, 0.2) is 5.75 Å². The number of ether oxygens (including phenoxy) is 1. The van der Waals surface area contributed by atoms with E-state index in [9.17, 15) is 15.4 Å². The molecule has 0 unspecified atom stereocenters. The first-order chi connectivity index (χ1) is 12.6. The zero-order chi connectivity index (χ0) is 18.5. The van der Waals surface area contributed by atoms with E-state index in [4.69, 9.17) is 4.74 Å². The molecule has 1 heterocycles. The third-order valence-electron chi connectivity index (χ3n) is 3.64. The Hall–Kier alpha value is -3.50. The van der Waals surface area contributed by atoms with Crippen molar-refractivity contribution in [2.24, 2.45) is 0 Å². The van der Waals surface area contributed by atoms with Crippen molar-refractivity contribution in [3.05, 3.63) is 74.6 Å². The summed E-state index contributed by atoms with van der Waals surface area (Å²) in [6.45, 7) is 0. The Kier molecular flexibility index (Phi) is 5.06. The summed E-state index contributed by atoms with van der Waals surface area (Å²) in [4.78, 5) is 15.1. The normalized spacial score (nSPS) is 11.0. The number of allylic oxidation sites excluding steroid dienone is 1. The van der Waals surface area contributed by atoms with Crippen LogP contribution < -0.4 is 4.74 Å². The fourth-order valence-corrected chi connectivity index (χ4v) is 3.18. The minimum Gasteiger partial charge on any atom is -0.490 e. The van der Waals surface area contributed by atoms with Crippen molar-refractivity contribution in [2.45, 2.75) is 0 Å². The summed E-state index contributed by atoms with van der Waals surface area (Å²) in [5.74, 6) is 0.172. The first kappa shape index (κ1) is 17.3. The number of thiazole rings is 1. The molecule has 0 saturated carbocycles. The van der Waals surface area contributed by atoms with E-state index < -0.39 is 4.92 Å². The van der Waals surface area contributed by atoms with Gasteiger partial charge in [-0.25, -0.2) is 4.98 Å². The molecule has 7 heteroatoms. The van der Waals surface area contributed by atoms with Crippen LogP contribution in [0, 0.1) is 21.4 Å². The van der Waals surface area contributed by atoms with Gasteiger partial charge >= 0.3 is 5.69 Å². The summed E-state index contributed by atoms with van der Waals surface area (Å²) in [5.41, 5.74) is 2.48. The van der Waals surface area contributed by atoms with Gasteiger partial charge in [-0.1, -0.05) is 36.4 Å². The minimum absolute atomic E-state index is 0.150. The second-order valence-electron chi connectivity index (χ2n) is 5.26. The van der Waals surface area contributed by atoms with Crippen LogP contribution in [0.5, 0.6) is 5.75 Å². The van der Waals surface area contributed by atoms with E-state index in [-0.39, 0.29) is 11.4 Å². The highest BCUT2D eigenvalue weighted by molar-refractivity contribution is 7.11. The van der Waals surface area contributed by atoms with Crippen molar-refractivity contribution in [2.75, 3.05) is 7.11 Å². The zero-order valence-corrected chi connectivity index (χ0v) is 14.6. The molecule has 0 radical (unpaired) electrons. The molecule has 0 aliphatic heterocycles. The van der Waals surface area contributed by atoms with Crippen LogP contribution in [0.4, 0.5) is 5.69 Å². The van der Waals surface area contributed by atoms with Crippen molar-refractivity contribution in [1.82, 2.24) is 4.98 Å². The van der Waals surface area contributed by atoms with Crippen LogP contribution in [0.15, 0.2) is 53.9 Å². The van der Waals surface area contributed by atoms with Gasteiger partial charge in [0.1, 0.15) is 11.1 Å². The van der Waals surface area contributed by atoms with Crippen LogP contribution in [-0.2, 0) is 0 Å². The van der Waals surface area contributed by atoms with E-state index in [2.05, 4.69) is 11.1 Å². The molecule has 0 fully saturated rings. The van der Waals surface area contributed by atoms with E-state index in [1.165, 1.54) is 30.6 Å². The molecule has 0 aliphatic rings. The lowest BCUT2D eigenvalue weighted by Gasteiger charge is -2.02. The maximum atomic E-state index is 11.1. The molecule has 0 spiro atoms. The maximum absolute atomic E-state index is 11.1. The summed E-state index contributed by atoms with van der Waals surface area (Å²) in [6.07, 6.45) is 1.58. The molecule has 0 atom stereocenters. The van der Waals surface area contributed by atoms with E-state index in [1.54, 1.807) is 12.1 Å². The third-order valence-corrected chi connectivity index (χ3v) is 4.51. The Bertz CT molecular complexity index is 1020. The smallest absolute Gasteiger partial charge is 0.311 e. The fraction of sp³-hybridized carbons (Fsp3) is 0.0526. The van der Waals surface area contributed by atoms with Gasteiger partial charge in [0.2, 0.25) is 0 Å². The maximum Gasteiger partial charge on any atom is 0.311 e. The average molecular weight is 363 g/mol. The lowest BCUT2D eigenvalue weighted by Crippen LogP contribution is -1.94. The Morgan fingerprint density at radius 3 is 2.73 bits per heavy atom. The SMILES string of the molecule is COc1ccc(C=C(C#N)c2nc(-c3ccccc3)cs2)cc1[N+](=O)[O-]. The molecule has 0 saturated heterocycles. The molecule has 2 aromatic carbocycles. The van der Waals surface area contributed by atoms with Crippen LogP contribution >= 0.6 is 11.3 Å². The van der Waals surface area contributed by atoms with E-state index in [0.717, 1.165) is 11.3 Å². The number of hydrogen-bond acceptors (Lipinski definition) is 6. The third kappa shape index (κ3) is 3.61. The Labute approximate surface area is 153 Å². The van der Waals surface area contributed by atoms with Crippen molar-refractivity contribution >= 4 is 28.7 Å². The van der Waals surface area contributed by atoms with Gasteiger partial charge in [-0.15, -0.1) is 11.3 Å². The zero-order valence-electron chi connectivity index (χ0n) is 13.7. The molecule has 0 N–H and O–H groups in total. The van der Waals surface area contributed by atoms with Crippen LogP contribution in [0.3, 0.4) is 0 Å². The highest BCUT2D eigenvalue weighted by atomic mass is 32.1. The van der Waals surface area contributed by atoms with Crippen LogP contribution in [0.1, 0.15) is 10.6 Å². The molecule has 0 bridgehead atoms. The standard InChI is InChI=1S/C19H13N3O3S/c1-25-18-8-7-13(10-17(18)22(23)24)9-15(11-20)19-21-16(12-26-19)14-5-3-2-4-6-14/h2-10,12H,1H3. The van der Waals surface area contributed by atoms with Gasteiger partial charge in [-0.2, -0.15) is 5.26 Å². The van der Waals surface area contributed by atoms with Gasteiger partial charge in [-0.05, 0) is 17.7 Å². The summed E-state index contributed by atoms with van der Waals surface area (Å²) in [6, 6.07) is 16.3. The monoisotopic (exact) mass is 363 g/mol. The quantitative estimate of drug-likeness (QED) is 0.369. The molecule has 1 aromatic heterocycles. The Morgan fingerprint density at radius 1 is 1.31 bits per heavy atom. The summed E-state index contributed by atoms with van der Waals surface area (Å²) in [5, 5.41) is 23.1. The largest absolute Gasteiger partial charge is 0.490 e. The number of methoxy groups -OCH3 is 1. The molecule has 0 amide bonds. The van der Waals surface area contributed by atoms with E-state index in [0.29, 0.717) is 16.1 Å². The van der Waals surface area contributed by atoms with Crippen LogP contribution in [0.2, 0.25) is 0 Å². The summed E-state index contributed by atoms with van der Waals surface area (Å²) >= 11 is 1.35. The highest BCUT2D eigenvalue weighted by Crippen LogP contribution is 2.31. The first-order valence-electron chi connectivity index (χ1n) is 7.58. The number of nitro benzene ring substituents is 1. The fourth-order valence-electron chi connectivity index (χ4n) is 2.39. The molecule has 128 valence electrons.